The predicted molar refractivity (Wildman–Crippen MR) is 144 cm³/mol. The monoisotopic (exact) mass is 492 g/mol. The molecule has 5 heteroatoms. The standard InChI is InChI=1S/C30H52O5/c1-6-7-8-9-11-14-22(2)19-26-20-23(3)15-12-10-13-16-27(31)28(32)18-17-24(4)21-29(33)25(5)30(34)35-26/h10-12,14,19,23-29,31-33H,6-9,13,15-18,20-21H2,1-5H3/b12-10+,14-11+,22-19+/t23-,24+,25-,26-,27+,28+,29-/m1/s1. The van der Waals surface area contributed by atoms with Crippen LogP contribution in [0, 0.1) is 17.8 Å². The number of carbonyl (C=O) groups is 1. The lowest BCUT2D eigenvalue weighted by atomic mass is 9.90. The first-order valence-electron chi connectivity index (χ1n) is 13.9. The van der Waals surface area contributed by atoms with Crippen molar-refractivity contribution in [2.45, 2.75) is 130 Å². The third-order valence-electron chi connectivity index (χ3n) is 7.03. The molecule has 35 heavy (non-hydrogen) atoms. The van der Waals surface area contributed by atoms with Gasteiger partial charge in [-0.1, -0.05) is 63.5 Å². The predicted octanol–water partition coefficient (Wildman–Crippen LogP) is 6.27. The molecule has 0 radical (unpaired) electrons. The molecular weight excluding hydrogens is 440 g/mol. The number of aliphatic hydroxyl groups excluding tert-OH is 3. The van der Waals surface area contributed by atoms with Crippen LogP contribution >= 0.6 is 0 Å². The Labute approximate surface area is 214 Å². The number of allylic oxidation sites excluding steroid dienone is 5. The van der Waals surface area contributed by atoms with Gasteiger partial charge >= 0.3 is 5.97 Å². The summed E-state index contributed by atoms with van der Waals surface area (Å²) in [6.45, 7) is 10.1. The number of ether oxygens (including phenoxy) is 1. The normalized spacial score (nSPS) is 34.2. The van der Waals surface area contributed by atoms with Crippen molar-refractivity contribution < 1.29 is 24.9 Å². The van der Waals surface area contributed by atoms with E-state index in [9.17, 15) is 20.1 Å². The minimum Gasteiger partial charge on any atom is -0.458 e. The van der Waals surface area contributed by atoms with E-state index >= 15 is 0 Å². The third-order valence-corrected chi connectivity index (χ3v) is 7.03. The van der Waals surface area contributed by atoms with E-state index in [0.29, 0.717) is 38.0 Å². The summed E-state index contributed by atoms with van der Waals surface area (Å²) >= 11 is 0. The fourth-order valence-electron chi connectivity index (χ4n) is 4.47. The van der Waals surface area contributed by atoms with Gasteiger partial charge in [0.15, 0.2) is 0 Å². The molecule has 0 aromatic rings. The maximum atomic E-state index is 12.9. The van der Waals surface area contributed by atoms with Crippen molar-refractivity contribution in [2.24, 2.45) is 17.8 Å². The second-order valence-corrected chi connectivity index (χ2v) is 10.8. The molecule has 1 heterocycles. The molecule has 1 aliphatic heterocycles. The van der Waals surface area contributed by atoms with Crippen LogP contribution in [0.3, 0.4) is 0 Å². The molecule has 1 rings (SSSR count). The van der Waals surface area contributed by atoms with Gasteiger partial charge in [-0.05, 0) is 89.5 Å². The minimum atomic E-state index is -0.803. The Morgan fingerprint density at radius 2 is 1.69 bits per heavy atom. The van der Waals surface area contributed by atoms with Crippen LogP contribution in [0.15, 0.2) is 36.0 Å². The molecular formula is C30H52O5. The average Bonchev–Trinajstić information content (AvgIpc) is 2.80. The summed E-state index contributed by atoms with van der Waals surface area (Å²) in [6, 6.07) is 0. The molecule has 0 aromatic heterocycles. The summed E-state index contributed by atoms with van der Waals surface area (Å²) in [5.41, 5.74) is 1.08. The van der Waals surface area contributed by atoms with E-state index in [1.54, 1.807) is 6.92 Å². The van der Waals surface area contributed by atoms with Gasteiger partial charge in [0.25, 0.3) is 0 Å². The number of unbranched alkanes of at least 4 members (excludes halogenated alkanes) is 3. The molecule has 0 aromatic carbocycles. The van der Waals surface area contributed by atoms with Gasteiger partial charge < -0.3 is 20.1 Å². The van der Waals surface area contributed by atoms with E-state index in [-0.39, 0.29) is 18.0 Å². The molecule has 0 saturated carbocycles. The Morgan fingerprint density at radius 1 is 0.971 bits per heavy atom. The highest BCUT2D eigenvalue weighted by atomic mass is 16.5. The van der Waals surface area contributed by atoms with Crippen LogP contribution in [0.25, 0.3) is 0 Å². The Morgan fingerprint density at radius 3 is 2.40 bits per heavy atom. The van der Waals surface area contributed by atoms with Crippen LogP contribution in [0.2, 0.25) is 0 Å². The first kappa shape index (κ1) is 31.6. The molecule has 0 fully saturated rings. The van der Waals surface area contributed by atoms with Crippen molar-refractivity contribution in [3.8, 4) is 0 Å². The molecule has 0 spiro atoms. The van der Waals surface area contributed by atoms with Crippen LogP contribution in [0.1, 0.15) is 105 Å². The van der Waals surface area contributed by atoms with Crippen LogP contribution in [-0.4, -0.2) is 45.7 Å². The van der Waals surface area contributed by atoms with Gasteiger partial charge in [0.05, 0.1) is 24.2 Å². The van der Waals surface area contributed by atoms with E-state index in [1.165, 1.54) is 19.3 Å². The van der Waals surface area contributed by atoms with Gasteiger partial charge in [-0.25, -0.2) is 0 Å². The van der Waals surface area contributed by atoms with Crippen LogP contribution in [0.5, 0.6) is 0 Å². The zero-order valence-corrected chi connectivity index (χ0v) is 22.9. The minimum absolute atomic E-state index is 0.122. The van der Waals surface area contributed by atoms with E-state index in [1.807, 2.05) is 19.9 Å². The SMILES string of the molecule is CCCCC/C=C/C(C)=C/[C@@H]1C[C@H](C)C/C=C/CC[C@H](O)[C@@H](O)CC[C@H](C)C[C@@H](O)[C@@H](C)C(=O)O1. The maximum absolute atomic E-state index is 12.9. The van der Waals surface area contributed by atoms with Gasteiger partial charge in [-0.15, -0.1) is 0 Å². The van der Waals surface area contributed by atoms with Gasteiger partial charge in [-0.3, -0.25) is 4.79 Å². The summed E-state index contributed by atoms with van der Waals surface area (Å²) in [4.78, 5) is 12.9. The molecule has 7 atom stereocenters. The largest absolute Gasteiger partial charge is 0.458 e. The molecule has 0 bridgehead atoms. The number of esters is 1. The zero-order valence-electron chi connectivity index (χ0n) is 22.9. The molecule has 0 amide bonds. The Bertz CT molecular complexity index is 668. The lowest BCUT2D eigenvalue weighted by Crippen LogP contribution is -2.32. The van der Waals surface area contributed by atoms with Crippen LogP contribution < -0.4 is 0 Å². The third kappa shape index (κ3) is 14.0. The number of rotatable bonds is 6. The highest BCUT2D eigenvalue weighted by Crippen LogP contribution is 2.23. The van der Waals surface area contributed by atoms with Gasteiger partial charge in [-0.2, -0.15) is 0 Å². The summed E-state index contributed by atoms with van der Waals surface area (Å²) < 4.78 is 5.92. The first-order valence-corrected chi connectivity index (χ1v) is 13.9. The summed E-state index contributed by atoms with van der Waals surface area (Å²) in [5, 5.41) is 31.2. The number of aliphatic hydroxyl groups is 3. The summed E-state index contributed by atoms with van der Waals surface area (Å²) in [5.74, 6) is -0.569. The fraction of sp³-hybridized carbons (Fsp3) is 0.767. The molecule has 0 unspecified atom stereocenters. The number of hydrogen-bond donors (Lipinski definition) is 3. The van der Waals surface area contributed by atoms with Crippen molar-refractivity contribution in [2.75, 3.05) is 0 Å². The summed E-state index contributed by atoms with van der Waals surface area (Å²) in [6.07, 6.45) is 17.0. The summed E-state index contributed by atoms with van der Waals surface area (Å²) in [7, 11) is 0. The molecule has 5 nitrogen and oxygen atoms in total. The molecule has 0 saturated heterocycles. The average molecular weight is 493 g/mol. The van der Waals surface area contributed by atoms with Crippen molar-refractivity contribution >= 4 is 5.97 Å². The van der Waals surface area contributed by atoms with Crippen molar-refractivity contribution in [3.63, 3.8) is 0 Å². The van der Waals surface area contributed by atoms with Crippen molar-refractivity contribution in [3.05, 3.63) is 36.0 Å². The highest BCUT2D eigenvalue weighted by molar-refractivity contribution is 5.73. The first-order chi connectivity index (χ1) is 16.6. The molecule has 1 aliphatic rings. The van der Waals surface area contributed by atoms with Gasteiger partial charge in [0, 0.05) is 0 Å². The van der Waals surface area contributed by atoms with Gasteiger partial charge in [0.2, 0.25) is 0 Å². The van der Waals surface area contributed by atoms with E-state index < -0.39 is 24.2 Å². The Kier molecular flexibility index (Phi) is 16.2. The second kappa shape index (κ2) is 17.9. The van der Waals surface area contributed by atoms with Crippen molar-refractivity contribution in [1.29, 1.82) is 0 Å². The second-order valence-electron chi connectivity index (χ2n) is 10.8. The topological polar surface area (TPSA) is 87.0 Å². The fourth-order valence-corrected chi connectivity index (χ4v) is 4.47. The van der Waals surface area contributed by atoms with E-state index in [0.717, 1.165) is 24.8 Å². The highest BCUT2D eigenvalue weighted by Gasteiger charge is 2.28. The maximum Gasteiger partial charge on any atom is 0.311 e. The Hall–Kier alpha value is -1.43. The smallest absolute Gasteiger partial charge is 0.311 e. The van der Waals surface area contributed by atoms with Crippen LogP contribution in [0.4, 0.5) is 0 Å². The van der Waals surface area contributed by atoms with E-state index in [4.69, 9.17) is 4.74 Å². The van der Waals surface area contributed by atoms with Crippen LogP contribution in [-0.2, 0) is 9.53 Å². The quantitative estimate of drug-likeness (QED) is 0.176. The van der Waals surface area contributed by atoms with Crippen molar-refractivity contribution in [1.82, 2.24) is 0 Å². The molecule has 202 valence electrons. The Balaban J connectivity index is 2.96. The van der Waals surface area contributed by atoms with Gasteiger partial charge in [0.1, 0.15) is 6.10 Å². The zero-order chi connectivity index (χ0) is 26.2. The molecule has 3 N–H and O–H groups in total. The number of cyclic esters (lactones) is 1. The lowest BCUT2D eigenvalue weighted by Gasteiger charge is -2.25. The van der Waals surface area contributed by atoms with E-state index in [2.05, 4.69) is 38.2 Å². The number of hydrogen-bond acceptors (Lipinski definition) is 5. The number of carbonyl (C=O) groups excluding carboxylic acids is 1. The lowest BCUT2D eigenvalue weighted by molar-refractivity contribution is -0.156. The molecule has 0 aliphatic carbocycles.